The molecule has 0 aliphatic heterocycles. The molecule has 3 N–H and O–H groups in total. The summed E-state index contributed by atoms with van der Waals surface area (Å²) in [6.07, 6.45) is 0. The first-order valence-electron chi connectivity index (χ1n) is 4.31. The monoisotopic (exact) mass is 263 g/mol. The van der Waals surface area contributed by atoms with Crippen LogP contribution in [0.4, 0.5) is 0 Å². The van der Waals surface area contributed by atoms with E-state index in [2.05, 4.69) is 5.32 Å². The molecule has 7 heteroatoms. The van der Waals surface area contributed by atoms with E-state index < -0.39 is 17.5 Å². The van der Waals surface area contributed by atoms with E-state index in [4.69, 9.17) is 16.7 Å². The van der Waals surface area contributed by atoms with Gasteiger partial charge in [-0.3, -0.25) is 4.79 Å². The molecule has 1 aromatic heterocycles. The van der Waals surface area contributed by atoms with Crippen molar-refractivity contribution in [2.24, 2.45) is 0 Å². The normalized spacial score (nSPS) is 14.2. The Kier molecular flexibility index (Phi) is 3.90. The topological polar surface area (TPSA) is 86.6 Å². The summed E-state index contributed by atoms with van der Waals surface area (Å²) in [5, 5.41) is 22.2. The van der Waals surface area contributed by atoms with Crippen LogP contribution in [-0.2, 0) is 4.79 Å². The molecule has 5 nitrogen and oxygen atoms in total. The van der Waals surface area contributed by atoms with Gasteiger partial charge < -0.3 is 15.5 Å². The predicted molar refractivity (Wildman–Crippen MR) is 59.9 cm³/mol. The van der Waals surface area contributed by atoms with Gasteiger partial charge in [-0.15, -0.1) is 11.3 Å². The van der Waals surface area contributed by atoms with E-state index in [-0.39, 0.29) is 6.54 Å². The lowest BCUT2D eigenvalue weighted by Gasteiger charge is -2.17. The van der Waals surface area contributed by atoms with E-state index in [0.29, 0.717) is 9.90 Å². The molecule has 1 unspecified atom stereocenters. The van der Waals surface area contributed by atoms with Gasteiger partial charge in [-0.1, -0.05) is 11.6 Å². The zero-order valence-electron chi connectivity index (χ0n) is 8.36. The second kappa shape index (κ2) is 4.82. The van der Waals surface area contributed by atoms with Crippen LogP contribution in [0.1, 0.15) is 16.6 Å². The number of aliphatic carboxylic acids is 1. The lowest BCUT2D eigenvalue weighted by Crippen LogP contribution is -2.46. The number of carbonyl (C=O) groups excluding carboxylic acids is 1. The summed E-state index contributed by atoms with van der Waals surface area (Å²) in [6.45, 7) is 0.723. The highest BCUT2D eigenvalue weighted by molar-refractivity contribution is 7.12. The molecule has 1 amide bonds. The number of carbonyl (C=O) groups is 2. The third-order valence-electron chi connectivity index (χ3n) is 1.88. The van der Waals surface area contributed by atoms with Gasteiger partial charge >= 0.3 is 5.97 Å². The predicted octanol–water partition coefficient (Wildman–Crippen LogP) is 0.967. The largest absolute Gasteiger partial charge is 0.479 e. The number of aliphatic hydroxyl groups is 1. The van der Waals surface area contributed by atoms with Crippen LogP contribution in [0.3, 0.4) is 0 Å². The summed E-state index contributed by atoms with van der Waals surface area (Å²) in [4.78, 5) is 22.4. The highest BCUT2D eigenvalue weighted by Gasteiger charge is 2.30. The summed E-state index contributed by atoms with van der Waals surface area (Å²) in [5.74, 6) is -1.90. The van der Waals surface area contributed by atoms with Gasteiger partial charge in [-0.25, -0.2) is 4.79 Å². The van der Waals surface area contributed by atoms with Crippen LogP contribution in [0, 0.1) is 0 Å². The molecule has 0 radical (unpaired) electrons. The molecule has 1 rings (SSSR count). The molecule has 1 heterocycles. The molecule has 1 aromatic rings. The van der Waals surface area contributed by atoms with Crippen molar-refractivity contribution in [3.63, 3.8) is 0 Å². The molecule has 88 valence electrons. The second-order valence-corrected chi connectivity index (χ2v) is 4.68. The Morgan fingerprint density at radius 1 is 1.62 bits per heavy atom. The average molecular weight is 264 g/mol. The van der Waals surface area contributed by atoms with Crippen molar-refractivity contribution in [1.82, 2.24) is 5.32 Å². The number of thiophene rings is 1. The minimum absolute atomic E-state index is 0.294. The van der Waals surface area contributed by atoms with Crippen LogP contribution in [0.2, 0.25) is 5.02 Å². The van der Waals surface area contributed by atoms with Crippen LogP contribution < -0.4 is 5.32 Å². The smallest absolute Gasteiger partial charge is 0.337 e. The van der Waals surface area contributed by atoms with Crippen molar-refractivity contribution in [2.75, 3.05) is 6.54 Å². The molecule has 0 saturated heterocycles. The average Bonchev–Trinajstić information content (AvgIpc) is 2.61. The summed E-state index contributed by atoms with van der Waals surface area (Å²) >= 11 is 6.86. The minimum Gasteiger partial charge on any atom is -0.479 e. The number of carboxylic acids is 1. The Balaban J connectivity index is 2.61. The molecule has 0 spiro atoms. The first-order chi connectivity index (χ1) is 7.34. The van der Waals surface area contributed by atoms with Gasteiger partial charge in [-0.05, 0) is 18.4 Å². The van der Waals surface area contributed by atoms with Crippen molar-refractivity contribution < 1.29 is 19.8 Å². The van der Waals surface area contributed by atoms with E-state index >= 15 is 0 Å². The van der Waals surface area contributed by atoms with E-state index in [0.717, 1.165) is 18.3 Å². The van der Waals surface area contributed by atoms with Crippen LogP contribution >= 0.6 is 22.9 Å². The van der Waals surface area contributed by atoms with Gasteiger partial charge in [0.1, 0.15) is 4.88 Å². The maximum atomic E-state index is 11.5. The van der Waals surface area contributed by atoms with Gasteiger partial charge in [0.2, 0.25) is 0 Å². The van der Waals surface area contributed by atoms with Crippen LogP contribution in [0.15, 0.2) is 11.4 Å². The fraction of sp³-hybridized carbons (Fsp3) is 0.333. The summed E-state index contributed by atoms with van der Waals surface area (Å²) in [6, 6.07) is 1.57. The Labute approximate surface area is 101 Å². The van der Waals surface area contributed by atoms with Crippen molar-refractivity contribution >= 4 is 34.8 Å². The number of nitrogens with one attached hydrogen (secondary N) is 1. The number of carboxylic acid groups (broad SMARTS) is 1. The lowest BCUT2D eigenvalue weighted by molar-refractivity contribution is -0.155. The summed E-state index contributed by atoms with van der Waals surface area (Å²) in [7, 11) is 0. The minimum atomic E-state index is -1.99. The molecule has 0 aliphatic rings. The second-order valence-electron chi connectivity index (χ2n) is 3.36. The van der Waals surface area contributed by atoms with Gasteiger partial charge in [0, 0.05) is 0 Å². The number of halogens is 1. The molecule has 0 bridgehead atoms. The van der Waals surface area contributed by atoms with Crippen molar-refractivity contribution in [3.8, 4) is 0 Å². The van der Waals surface area contributed by atoms with Crippen molar-refractivity contribution in [2.45, 2.75) is 12.5 Å². The first kappa shape index (κ1) is 13.0. The van der Waals surface area contributed by atoms with Gasteiger partial charge in [-0.2, -0.15) is 0 Å². The highest BCUT2D eigenvalue weighted by Crippen LogP contribution is 2.21. The molecular formula is C9H10ClNO4S. The van der Waals surface area contributed by atoms with E-state index in [1.165, 1.54) is 0 Å². The number of amides is 1. The standard InChI is InChI=1S/C9H10ClNO4S/c1-9(15,8(13)14)4-11-7(12)6-5(10)2-3-16-6/h2-3,15H,4H2,1H3,(H,11,12)(H,13,14). The van der Waals surface area contributed by atoms with Crippen LogP contribution in [-0.4, -0.2) is 34.2 Å². The molecule has 1 atom stereocenters. The first-order valence-corrected chi connectivity index (χ1v) is 5.57. The quantitative estimate of drug-likeness (QED) is 0.755. The van der Waals surface area contributed by atoms with E-state index in [1.54, 1.807) is 11.4 Å². The Hall–Kier alpha value is -1.11. The van der Waals surface area contributed by atoms with E-state index in [9.17, 15) is 14.7 Å². The molecule has 0 aromatic carbocycles. The van der Waals surface area contributed by atoms with Gasteiger partial charge in [0.05, 0.1) is 11.6 Å². The highest BCUT2D eigenvalue weighted by atomic mass is 35.5. The molecule has 16 heavy (non-hydrogen) atoms. The maximum absolute atomic E-state index is 11.5. The SMILES string of the molecule is CC(O)(CNC(=O)c1sccc1Cl)C(=O)O. The number of rotatable bonds is 4. The fourth-order valence-corrected chi connectivity index (χ4v) is 1.92. The molecule has 0 fully saturated rings. The zero-order chi connectivity index (χ0) is 12.3. The zero-order valence-corrected chi connectivity index (χ0v) is 9.93. The lowest BCUT2D eigenvalue weighted by atomic mass is 10.1. The van der Waals surface area contributed by atoms with Gasteiger partial charge in [0.15, 0.2) is 5.60 Å². The Morgan fingerprint density at radius 3 is 2.69 bits per heavy atom. The number of hydrogen-bond donors (Lipinski definition) is 3. The van der Waals surface area contributed by atoms with Gasteiger partial charge in [0.25, 0.3) is 5.91 Å². The Bertz CT molecular complexity index is 415. The molecule has 0 saturated carbocycles. The summed E-state index contributed by atoms with van der Waals surface area (Å²) in [5.41, 5.74) is -1.99. The Morgan fingerprint density at radius 2 is 2.25 bits per heavy atom. The van der Waals surface area contributed by atoms with Crippen molar-refractivity contribution in [1.29, 1.82) is 0 Å². The third-order valence-corrected chi connectivity index (χ3v) is 3.22. The third kappa shape index (κ3) is 2.94. The van der Waals surface area contributed by atoms with Crippen LogP contribution in [0.25, 0.3) is 0 Å². The van der Waals surface area contributed by atoms with E-state index in [1.807, 2.05) is 0 Å². The van der Waals surface area contributed by atoms with Crippen molar-refractivity contribution in [3.05, 3.63) is 21.3 Å². The molecular weight excluding hydrogens is 254 g/mol. The summed E-state index contributed by atoms with van der Waals surface area (Å²) < 4.78 is 0. The fourth-order valence-electron chi connectivity index (χ4n) is 0.864. The molecule has 0 aliphatic carbocycles. The maximum Gasteiger partial charge on any atom is 0.337 e. The number of hydrogen-bond acceptors (Lipinski definition) is 4. The van der Waals surface area contributed by atoms with Crippen LogP contribution in [0.5, 0.6) is 0 Å².